The number of nitrogens with zero attached hydrogens (tertiary/aromatic N) is 2. The van der Waals surface area contributed by atoms with E-state index >= 15 is 0 Å². The zero-order chi connectivity index (χ0) is 11.0. The van der Waals surface area contributed by atoms with E-state index in [0.29, 0.717) is 0 Å². The van der Waals surface area contributed by atoms with Gasteiger partial charge < -0.3 is 10.6 Å². The monoisotopic (exact) mass is 269 g/mol. The van der Waals surface area contributed by atoms with Crippen molar-refractivity contribution in [1.29, 1.82) is 0 Å². The quantitative estimate of drug-likeness (QED) is 0.878. The molecule has 1 aliphatic heterocycles. The molecule has 0 bridgehead atoms. The Kier molecular flexibility index (Phi) is 2.65. The number of halogens is 1. The van der Waals surface area contributed by atoms with Crippen molar-refractivity contribution in [1.82, 2.24) is 4.98 Å². The highest BCUT2D eigenvalue weighted by molar-refractivity contribution is 9.10. The van der Waals surface area contributed by atoms with Gasteiger partial charge in [-0.05, 0) is 40.9 Å². The summed E-state index contributed by atoms with van der Waals surface area (Å²) >= 11 is 3.48. The lowest BCUT2D eigenvalue weighted by molar-refractivity contribution is -0.120. The fraction of sp³-hybridized carbons (Fsp3) is 0.400. The number of amides is 1. The highest BCUT2D eigenvalue weighted by Crippen LogP contribution is 2.32. The molecule has 2 N–H and O–H groups in total. The Morgan fingerprint density at radius 1 is 1.73 bits per heavy atom. The Balaban J connectivity index is 2.31. The molecule has 1 amide bonds. The molecule has 1 fully saturated rings. The Morgan fingerprint density at radius 2 is 2.47 bits per heavy atom. The summed E-state index contributed by atoms with van der Waals surface area (Å²) in [6.45, 7) is 2.83. The molecule has 15 heavy (non-hydrogen) atoms. The molecule has 2 rings (SSSR count). The van der Waals surface area contributed by atoms with Gasteiger partial charge in [-0.1, -0.05) is 0 Å². The number of hydrogen-bond donors (Lipinski definition) is 1. The number of anilines is 1. The van der Waals surface area contributed by atoms with E-state index in [1.807, 2.05) is 17.9 Å². The van der Waals surface area contributed by atoms with Crippen LogP contribution in [-0.2, 0) is 4.79 Å². The van der Waals surface area contributed by atoms with Gasteiger partial charge in [-0.3, -0.25) is 4.79 Å². The van der Waals surface area contributed by atoms with Gasteiger partial charge in [0.2, 0.25) is 5.91 Å². The second-order valence-corrected chi connectivity index (χ2v) is 4.46. The van der Waals surface area contributed by atoms with Crippen molar-refractivity contribution in [3.63, 3.8) is 0 Å². The SMILES string of the molecule is Cc1ccnc(N2CCC2C(N)=O)c1Br. The van der Waals surface area contributed by atoms with Gasteiger partial charge in [0, 0.05) is 12.7 Å². The van der Waals surface area contributed by atoms with Gasteiger partial charge in [0.15, 0.2) is 0 Å². The maximum Gasteiger partial charge on any atom is 0.240 e. The molecular weight excluding hydrogens is 258 g/mol. The molecule has 2 heterocycles. The minimum absolute atomic E-state index is 0.199. The molecule has 0 saturated carbocycles. The molecule has 0 aromatic carbocycles. The van der Waals surface area contributed by atoms with Crippen LogP contribution in [0, 0.1) is 6.92 Å². The Labute approximate surface area is 96.6 Å². The minimum atomic E-state index is -0.281. The van der Waals surface area contributed by atoms with Crippen molar-refractivity contribution in [3.05, 3.63) is 22.3 Å². The first-order valence-corrected chi connectivity index (χ1v) is 5.57. The fourth-order valence-electron chi connectivity index (χ4n) is 1.66. The molecule has 0 radical (unpaired) electrons. The highest BCUT2D eigenvalue weighted by atomic mass is 79.9. The van der Waals surface area contributed by atoms with E-state index in [2.05, 4.69) is 20.9 Å². The number of pyridine rings is 1. The minimum Gasteiger partial charge on any atom is -0.368 e. The summed E-state index contributed by atoms with van der Waals surface area (Å²) in [5, 5.41) is 0. The van der Waals surface area contributed by atoms with Crippen LogP contribution in [0.15, 0.2) is 16.7 Å². The van der Waals surface area contributed by atoms with E-state index in [0.717, 1.165) is 28.8 Å². The first-order chi connectivity index (χ1) is 7.11. The van der Waals surface area contributed by atoms with E-state index in [9.17, 15) is 4.79 Å². The summed E-state index contributed by atoms with van der Waals surface area (Å²) in [4.78, 5) is 17.3. The number of carbonyl (C=O) groups is 1. The second-order valence-electron chi connectivity index (χ2n) is 3.67. The molecule has 1 aromatic heterocycles. The average molecular weight is 270 g/mol. The molecule has 1 saturated heterocycles. The number of primary amides is 1. The van der Waals surface area contributed by atoms with E-state index in [4.69, 9.17) is 5.73 Å². The van der Waals surface area contributed by atoms with Crippen LogP contribution in [0.5, 0.6) is 0 Å². The first kappa shape index (κ1) is 10.4. The van der Waals surface area contributed by atoms with Gasteiger partial charge in [0.25, 0.3) is 0 Å². The van der Waals surface area contributed by atoms with E-state index < -0.39 is 0 Å². The molecule has 5 heteroatoms. The third kappa shape index (κ3) is 1.71. The maximum atomic E-state index is 11.1. The van der Waals surface area contributed by atoms with Crippen LogP contribution >= 0.6 is 15.9 Å². The van der Waals surface area contributed by atoms with Crippen LogP contribution in [0.25, 0.3) is 0 Å². The van der Waals surface area contributed by atoms with Crippen LogP contribution in [0.3, 0.4) is 0 Å². The fourth-order valence-corrected chi connectivity index (χ4v) is 2.13. The van der Waals surface area contributed by atoms with Gasteiger partial charge in [-0.2, -0.15) is 0 Å². The lowest BCUT2D eigenvalue weighted by Gasteiger charge is -2.40. The molecule has 1 aromatic rings. The van der Waals surface area contributed by atoms with Gasteiger partial charge >= 0.3 is 0 Å². The molecule has 4 nitrogen and oxygen atoms in total. The highest BCUT2D eigenvalue weighted by Gasteiger charge is 2.34. The molecule has 80 valence electrons. The summed E-state index contributed by atoms with van der Waals surface area (Å²) < 4.78 is 0.941. The number of hydrogen-bond acceptors (Lipinski definition) is 3. The predicted molar refractivity (Wildman–Crippen MR) is 61.6 cm³/mol. The van der Waals surface area contributed by atoms with Crippen LogP contribution in [0.4, 0.5) is 5.82 Å². The second kappa shape index (κ2) is 3.81. The third-order valence-electron chi connectivity index (χ3n) is 2.68. The van der Waals surface area contributed by atoms with Crippen LogP contribution in [-0.4, -0.2) is 23.5 Å². The summed E-state index contributed by atoms with van der Waals surface area (Å²) in [7, 11) is 0. The number of carbonyl (C=O) groups excluding carboxylic acids is 1. The molecule has 0 aliphatic carbocycles. The largest absolute Gasteiger partial charge is 0.368 e. The van der Waals surface area contributed by atoms with Crippen molar-refractivity contribution in [2.24, 2.45) is 5.73 Å². The molecule has 1 atom stereocenters. The van der Waals surface area contributed by atoms with Crippen LogP contribution < -0.4 is 10.6 Å². The van der Waals surface area contributed by atoms with Crippen molar-refractivity contribution in [2.45, 2.75) is 19.4 Å². The van der Waals surface area contributed by atoms with Crippen LogP contribution in [0.1, 0.15) is 12.0 Å². The Bertz CT molecular complexity index is 408. The van der Waals surface area contributed by atoms with Crippen molar-refractivity contribution in [3.8, 4) is 0 Å². The lowest BCUT2D eigenvalue weighted by Crippen LogP contribution is -2.55. The van der Waals surface area contributed by atoms with E-state index in [1.165, 1.54) is 0 Å². The summed E-state index contributed by atoms with van der Waals surface area (Å²) in [5.41, 5.74) is 6.40. The normalized spacial score (nSPS) is 19.9. The van der Waals surface area contributed by atoms with E-state index in [-0.39, 0.29) is 11.9 Å². The van der Waals surface area contributed by atoms with E-state index in [1.54, 1.807) is 6.20 Å². The predicted octanol–water partition coefficient (Wildman–Crippen LogP) is 1.22. The topological polar surface area (TPSA) is 59.2 Å². The summed E-state index contributed by atoms with van der Waals surface area (Å²) in [5.74, 6) is 0.529. The zero-order valence-electron chi connectivity index (χ0n) is 8.40. The molecule has 0 spiro atoms. The zero-order valence-corrected chi connectivity index (χ0v) is 9.99. The molecule has 1 aliphatic rings. The number of aryl methyl sites for hydroxylation is 1. The van der Waals surface area contributed by atoms with Crippen molar-refractivity contribution < 1.29 is 4.79 Å². The lowest BCUT2D eigenvalue weighted by atomic mass is 10.0. The van der Waals surface area contributed by atoms with Gasteiger partial charge in [-0.15, -0.1) is 0 Å². The number of nitrogens with two attached hydrogens (primary N) is 1. The van der Waals surface area contributed by atoms with Gasteiger partial charge in [0.1, 0.15) is 11.9 Å². The van der Waals surface area contributed by atoms with Gasteiger partial charge in [0.05, 0.1) is 4.47 Å². The van der Waals surface area contributed by atoms with Gasteiger partial charge in [-0.25, -0.2) is 4.98 Å². The summed E-state index contributed by atoms with van der Waals surface area (Å²) in [6.07, 6.45) is 2.56. The first-order valence-electron chi connectivity index (χ1n) is 4.78. The van der Waals surface area contributed by atoms with Crippen molar-refractivity contribution in [2.75, 3.05) is 11.4 Å². The van der Waals surface area contributed by atoms with Crippen molar-refractivity contribution >= 4 is 27.7 Å². The molecular formula is C10H12BrN3O. The summed E-state index contributed by atoms with van der Waals surface area (Å²) in [6, 6.07) is 1.72. The number of rotatable bonds is 2. The standard InChI is InChI=1S/C10H12BrN3O/c1-6-2-4-13-10(8(6)11)14-5-3-7(14)9(12)15/h2,4,7H,3,5H2,1H3,(H2,12,15). The Hall–Kier alpha value is -1.10. The number of aromatic nitrogens is 1. The average Bonchev–Trinajstić information content (AvgIpc) is 2.10. The van der Waals surface area contributed by atoms with Crippen LogP contribution in [0.2, 0.25) is 0 Å². The third-order valence-corrected chi connectivity index (χ3v) is 3.66. The Morgan fingerprint density at radius 3 is 3.00 bits per heavy atom. The maximum absolute atomic E-state index is 11.1. The smallest absolute Gasteiger partial charge is 0.240 e. The molecule has 1 unspecified atom stereocenters.